The molecule has 1 aliphatic rings. The summed E-state index contributed by atoms with van der Waals surface area (Å²) in [5.74, 6) is 0.331. The number of piperidine rings is 1. The van der Waals surface area contributed by atoms with Crippen molar-refractivity contribution in [3.63, 3.8) is 0 Å². The minimum absolute atomic E-state index is 0.0283. The second kappa shape index (κ2) is 9.69. The van der Waals surface area contributed by atoms with Gasteiger partial charge in [0.15, 0.2) is 5.82 Å². The van der Waals surface area contributed by atoms with Gasteiger partial charge in [-0.1, -0.05) is 17.7 Å². The summed E-state index contributed by atoms with van der Waals surface area (Å²) in [6.07, 6.45) is 2.71. The van der Waals surface area contributed by atoms with Gasteiger partial charge in [0.05, 0.1) is 23.3 Å². The van der Waals surface area contributed by atoms with E-state index in [9.17, 15) is 9.18 Å². The molecule has 0 saturated carbocycles. The van der Waals surface area contributed by atoms with Crippen LogP contribution in [0.4, 0.5) is 15.9 Å². The number of ether oxygens (including phenoxy) is 1. The van der Waals surface area contributed by atoms with Crippen LogP contribution < -0.4 is 15.8 Å². The maximum absolute atomic E-state index is 14.5. The third-order valence-corrected chi connectivity index (χ3v) is 6.93. The highest BCUT2D eigenvalue weighted by atomic mass is 35.5. The van der Waals surface area contributed by atoms with E-state index >= 15 is 0 Å². The summed E-state index contributed by atoms with van der Waals surface area (Å²) in [7, 11) is 5.40. The number of amides is 1. The van der Waals surface area contributed by atoms with Crippen molar-refractivity contribution < 1.29 is 13.9 Å². The number of aromatic nitrogens is 2. The molecule has 4 rings (SSSR count). The van der Waals surface area contributed by atoms with E-state index < -0.39 is 11.4 Å². The number of methoxy groups -OCH3 is 1. The van der Waals surface area contributed by atoms with Crippen molar-refractivity contribution in [2.24, 2.45) is 5.73 Å². The SMILES string of the molecule is COc1cc2ncnc(Nc3cccc(Cl)c3F)c2cc1CN1CCC(C(N)=O)(N(C)C)CC1. The molecule has 0 bridgehead atoms. The molecule has 8 nitrogen and oxygen atoms in total. The number of likely N-dealkylation sites (N-methyl/N-ethyl adjacent to an activating group) is 1. The molecule has 1 aromatic heterocycles. The first kappa shape index (κ1) is 24.1. The van der Waals surface area contributed by atoms with Gasteiger partial charge in [-0.15, -0.1) is 0 Å². The van der Waals surface area contributed by atoms with Crippen molar-refractivity contribution in [3.05, 3.63) is 53.1 Å². The quantitative estimate of drug-likeness (QED) is 0.527. The molecule has 3 aromatic rings. The number of benzene rings is 2. The minimum Gasteiger partial charge on any atom is -0.496 e. The third-order valence-electron chi connectivity index (χ3n) is 6.63. The third kappa shape index (κ3) is 4.51. The summed E-state index contributed by atoms with van der Waals surface area (Å²) in [5.41, 5.74) is 6.94. The molecule has 2 aromatic carbocycles. The lowest BCUT2D eigenvalue weighted by molar-refractivity contribution is -0.131. The van der Waals surface area contributed by atoms with Crippen LogP contribution in [0.2, 0.25) is 5.02 Å². The van der Waals surface area contributed by atoms with E-state index in [2.05, 4.69) is 20.2 Å². The predicted molar refractivity (Wildman–Crippen MR) is 131 cm³/mol. The number of hydrogen-bond donors (Lipinski definition) is 2. The van der Waals surface area contributed by atoms with Gasteiger partial charge in [-0.3, -0.25) is 14.6 Å². The van der Waals surface area contributed by atoms with Gasteiger partial charge in [0.2, 0.25) is 5.91 Å². The lowest BCUT2D eigenvalue weighted by atomic mass is 9.85. The number of nitrogens with one attached hydrogen (secondary N) is 1. The zero-order valence-electron chi connectivity index (χ0n) is 19.4. The highest BCUT2D eigenvalue weighted by molar-refractivity contribution is 6.31. The molecule has 10 heteroatoms. The van der Waals surface area contributed by atoms with Gasteiger partial charge in [0, 0.05) is 36.7 Å². The van der Waals surface area contributed by atoms with Crippen LogP contribution in [0.5, 0.6) is 5.75 Å². The molecule has 3 N–H and O–H groups in total. The van der Waals surface area contributed by atoms with Crippen molar-refractivity contribution in [1.82, 2.24) is 19.8 Å². The fourth-order valence-corrected chi connectivity index (χ4v) is 4.68. The lowest BCUT2D eigenvalue weighted by Crippen LogP contribution is -2.59. The van der Waals surface area contributed by atoms with Crippen LogP contribution in [-0.4, -0.2) is 65.5 Å². The zero-order valence-corrected chi connectivity index (χ0v) is 20.2. The van der Waals surface area contributed by atoms with Crippen molar-refractivity contribution in [3.8, 4) is 5.75 Å². The molecule has 1 fully saturated rings. The summed E-state index contributed by atoms with van der Waals surface area (Å²) in [6, 6.07) is 8.57. The van der Waals surface area contributed by atoms with Crippen molar-refractivity contribution >= 4 is 39.9 Å². The molecule has 2 heterocycles. The molecule has 0 spiro atoms. The Morgan fingerprint density at radius 2 is 2.03 bits per heavy atom. The van der Waals surface area contributed by atoms with Gasteiger partial charge in [0.25, 0.3) is 0 Å². The standard InChI is InChI=1S/C24H28ClFN6O2/c1-31(2)24(23(27)33)7-9-32(10-8-24)13-15-11-16-19(12-20(15)34-3)28-14-29-22(16)30-18-6-4-5-17(25)21(18)26/h4-6,11-12,14H,7-10,13H2,1-3H3,(H2,27,33)(H,28,29,30). The summed E-state index contributed by atoms with van der Waals surface area (Å²) >= 11 is 5.93. The number of halogens is 2. The monoisotopic (exact) mass is 486 g/mol. The highest BCUT2D eigenvalue weighted by Gasteiger charge is 2.41. The Morgan fingerprint density at radius 1 is 1.29 bits per heavy atom. The zero-order chi connectivity index (χ0) is 24.5. The van der Waals surface area contributed by atoms with Gasteiger partial charge >= 0.3 is 0 Å². The van der Waals surface area contributed by atoms with Crippen LogP contribution in [0.1, 0.15) is 18.4 Å². The number of nitrogens with two attached hydrogens (primary N) is 1. The molecule has 0 unspecified atom stereocenters. The number of rotatable bonds is 7. The van der Waals surface area contributed by atoms with E-state index in [0.717, 1.165) is 10.9 Å². The number of anilines is 2. The topological polar surface area (TPSA) is 96.6 Å². The van der Waals surface area contributed by atoms with Crippen molar-refractivity contribution in [2.45, 2.75) is 24.9 Å². The van der Waals surface area contributed by atoms with Crippen LogP contribution in [0.15, 0.2) is 36.7 Å². The number of likely N-dealkylation sites (tertiary alicyclic amines) is 1. The molecule has 0 radical (unpaired) electrons. The average Bonchev–Trinajstić information content (AvgIpc) is 2.82. The summed E-state index contributed by atoms with van der Waals surface area (Å²) in [6.45, 7) is 2.04. The summed E-state index contributed by atoms with van der Waals surface area (Å²) in [4.78, 5) is 25.0. The number of primary amides is 1. The summed E-state index contributed by atoms with van der Waals surface area (Å²) < 4.78 is 20.1. The first-order valence-corrected chi connectivity index (χ1v) is 11.4. The first-order valence-electron chi connectivity index (χ1n) is 11.0. The molecule has 34 heavy (non-hydrogen) atoms. The van der Waals surface area contributed by atoms with Crippen molar-refractivity contribution in [1.29, 1.82) is 0 Å². The number of carbonyl (C=O) groups is 1. The molecule has 0 aliphatic carbocycles. The maximum Gasteiger partial charge on any atom is 0.238 e. The fraction of sp³-hybridized carbons (Fsp3) is 0.375. The van der Waals surface area contributed by atoms with E-state index in [0.29, 0.717) is 49.6 Å². The second-order valence-electron chi connectivity index (χ2n) is 8.70. The number of nitrogens with zero attached hydrogens (tertiary/aromatic N) is 4. The lowest BCUT2D eigenvalue weighted by Gasteiger charge is -2.43. The van der Waals surface area contributed by atoms with E-state index in [1.807, 2.05) is 31.1 Å². The number of fused-ring (bicyclic) bond motifs is 1. The van der Waals surface area contributed by atoms with Crippen LogP contribution in [0.3, 0.4) is 0 Å². The molecule has 1 saturated heterocycles. The van der Waals surface area contributed by atoms with Crippen LogP contribution in [0.25, 0.3) is 10.9 Å². The van der Waals surface area contributed by atoms with Gasteiger partial charge in [-0.05, 0) is 45.1 Å². The molecule has 1 aliphatic heterocycles. The normalized spacial score (nSPS) is 16.1. The molecule has 1 amide bonds. The van der Waals surface area contributed by atoms with Crippen LogP contribution >= 0.6 is 11.6 Å². The Balaban J connectivity index is 1.63. The van der Waals surface area contributed by atoms with E-state index in [4.69, 9.17) is 22.1 Å². The first-order chi connectivity index (χ1) is 16.2. The second-order valence-corrected chi connectivity index (χ2v) is 9.10. The van der Waals surface area contributed by atoms with Gasteiger partial charge in [0.1, 0.15) is 23.4 Å². The Labute approximate surface area is 202 Å². The van der Waals surface area contributed by atoms with Crippen LogP contribution in [0, 0.1) is 5.82 Å². The van der Waals surface area contributed by atoms with Crippen LogP contribution in [-0.2, 0) is 11.3 Å². The minimum atomic E-state index is -0.629. The van der Waals surface area contributed by atoms with E-state index in [1.165, 1.54) is 12.4 Å². The van der Waals surface area contributed by atoms with E-state index in [-0.39, 0.29) is 16.6 Å². The van der Waals surface area contributed by atoms with Gasteiger partial charge in [-0.25, -0.2) is 14.4 Å². The fourth-order valence-electron chi connectivity index (χ4n) is 4.51. The number of carbonyl (C=O) groups excluding carboxylic acids is 1. The summed E-state index contributed by atoms with van der Waals surface area (Å²) in [5, 5.41) is 3.80. The maximum atomic E-state index is 14.5. The average molecular weight is 487 g/mol. The number of hydrogen-bond acceptors (Lipinski definition) is 7. The Bertz CT molecular complexity index is 1210. The largest absolute Gasteiger partial charge is 0.496 e. The molecular weight excluding hydrogens is 459 g/mol. The predicted octanol–water partition coefficient (Wildman–Crippen LogP) is 3.56. The molecular formula is C24H28ClFN6O2. The van der Waals surface area contributed by atoms with Crippen molar-refractivity contribution in [2.75, 3.05) is 39.6 Å². The smallest absolute Gasteiger partial charge is 0.238 e. The highest BCUT2D eigenvalue weighted by Crippen LogP contribution is 2.33. The Morgan fingerprint density at radius 3 is 2.68 bits per heavy atom. The van der Waals surface area contributed by atoms with E-state index in [1.54, 1.807) is 19.2 Å². The molecule has 0 atom stereocenters. The van der Waals surface area contributed by atoms with Gasteiger partial charge < -0.3 is 15.8 Å². The Hall–Kier alpha value is -3.01. The Kier molecular flexibility index (Phi) is 6.88. The molecule has 180 valence electrons. The van der Waals surface area contributed by atoms with Gasteiger partial charge in [-0.2, -0.15) is 0 Å².